The van der Waals surface area contributed by atoms with Gasteiger partial charge < -0.3 is 14.2 Å². The van der Waals surface area contributed by atoms with Crippen LogP contribution in [0.4, 0.5) is 11.4 Å². The largest absolute Gasteiger partial charge is 0.436 e. The molecule has 6 nitrogen and oxygen atoms in total. The fraction of sp³-hybridized carbons (Fsp3) is 0. The lowest BCUT2D eigenvalue weighted by Gasteiger charge is -2.06. The summed E-state index contributed by atoms with van der Waals surface area (Å²) in [6.07, 6.45) is 3.37. The Morgan fingerprint density at radius 3 is 2.40 bits per heavy atom. The molecule has 30 heavy (non-hydrogen) atoms. The van der Waals surface area contributed by atoms with E-state index in [4.69, 9.17) is 20.4 Å². The van der Waals surface area contributed by atoms with Crippen molar-refractivity contribution in [3.8, 4) is 22.8 Å². The van der Waals surface area contributed by atoms with Crippen LogP contribution in [-0.2, 0) is 0 Å². The number of anilines is 2. The third-order valence-corrected chi connectivity index (χ3v) is 4.80. The van der Waals surface area contributed by atoms with Crippen molar-refractivity contribution in [3.63, 3.8) is 0 Å². The molecular weight excluding hydrogens is 402 g/mol. The SMILES string of the molecule is O=c1oc(-c2ccc(Cl)cc2)ccc1Nc1ccc2oc(-c3ccncc3)nc2c1. The van der Waals surface area contributed by atoms with Gasteiger partial charge in [0.15, 0.2) is 5.58 Å². The third kappa shape index (κ3) is 3.56. The average Bonchev–Trinajstić information content (AvgIpc) is 3.20. The zero-order valence-electron chi connectivity index (χ0n) is 15.5. The number of nitrogens with zero attached hydrogens (tertiary/aromatic N) is 2. The van der Waals surface area contributed by atoms with Gasteiger partial charge in [0.2, 0.25) is 5.89 Å². The molecule has 0 saturated carbocycles. The van der Waals surface area contributed by atoms with Gasteiger partial charge in [-0.05, 0) is 66.7 Å². The normalized spacial score (nSPS) is 11.0. The predicted molar refractivity (Wildman–Crippen MR) is 116 cm³/mol. The first kappa shape index (κ1) is 18.1. The zero-order chi connectivity index (χ0) is 20.5. The molecule has 0 unspecified atom stereocenters. The lowest BCUT2D eigenvalue weighted by molar-refractivity contribution is 0.529. The number of pyridine rings is 1. The Bertz CT molecular complexity index is 1390. The van der Waals surface area contributed by atoms with E-state index in [1.807, 2.05) is 24.3 Å². The number of rotatable bonds is 4. The van der Waals surface area contributed by atoms with E-state index in [2.05, 4.69) is 15.3 Å². The molecule has 0 saturated heterocycles. The summed E-state index contributed by atoms with van der Waals surface area (Å²) in [5.74, 6) is 0.979. The zero-order valence-corrected chi connectivity index (χ0v) is 16.3. The number of benzene rings is 2. The molecule has 1 N–H and O–H groups in total. The first-order valence-electron chi connectivity index (χ1n) is 9.14. The highest BCUT2D eigenvalue weighted by Gasteiger charge is 2.10. The molecule has 0 aliphatic rings. The molecule has 0 spiro atoms. The molecule has 5 aromatic rings. The number of oxazole rings is 1. The molecule has 0 fully saturated rings. The number of aromatic nitrogens is 2. The van der Waals surface area contributed by atoms with Gasteiger partial charge in [-0.15, -0.1) is 0 Å². The third-order valence-electron chi connectivity index (χ3n) is 4.55. The van der Waals surface area contributed by atoms with Crippen molar-refractivity contribution < 1.29 is 8.83 Å². The molecule has 0 radical (unpaired) electrons. The predicted octanol–water partition coefficient (Wildman–Crippen LogP) is 5.91. The maximum absolute atomic E-state index is 12.4. The smallest absolute Gasteiger partial charge is 0.360 e. The number of halogens is 1. The lowest BCUT2D eigenvalue weighted by Crippen LogP contribution is -2.06. The Labute approximate surface area is 175 Å². The lowest BCUT2D eigenvalue weighted by atomic mass is 10.1. The topological polar surface area (TPSA) is 81.2 Å². The van der Waals surface area contributed by atoms with Crippen LogP contribution < -0.4 is 10.9 Å². The molecule has 0 bridgehead atoms. The van der Waals surface area contributed by atoms with Crippen molar-refractivity contribution in [3.05, 3.63) is 94.6 Å². The minimum atomic E-state index is -0.472. The molecular formula is C23H14ClN3O3. The summed E-state index contributed by atoms with van der Waals surface area (Å²) in [6.45, 7) is 0. The van der Waals surface area contributed by atoms with Gasteiger partial charge in [-0.1, -0.05) is 11.6 Å². The van der Waals surface area contributed by atoms with E-state index in [0.29, 0.717) is 39.1 Å². The van der Waals surface area contributed by atoms with Crippen LogP contribution in [0.2, 0.25) is 5.02 Å². The first-order chi connectivity index (χ1) is 14.7. The van der Waals surface area contributed by atoms with Crippen LogP contribution in [0.15, 0.2) is 92.8 Å². The molecule has 0 atom stereocenters. The van der Waals surface area contributed by atoms with Crippen molar-refractivity contribution in [2.75, 3.05) is 5.32 Å². The van der Waals surface area contributed by atoms with Crippen LogP contribution >= 0.6 is 11.6 Å². The summed E-state index contributed by atoms with van der Waals surface area (Å²) in [5.41, 5.74) is 3.49. The van der Waals surface area contributed by atoms with Crippen molar-refractivity contribution in [1.82, 2.24) is 9.97 Å². The van der Waals surface area contributed by atoms with Gasteiger partial charge in [-0.2, -0.15) is 0 Å². The van der Waals surface area contributed by atoms with E-state index < -0.39 is 5.63 Å². The van der Waals surface area contributed by atoms with Crippen LogP contribution in [0.1, 0.15) is 0 Å². The second kappa shape index (κ2) is 7.50. The highest BCUT2D eigenvalue weighted by molar-refractivity contribution is 6.30. The molecule has 0 aliphatic heterocycles. The summed E-state index contributed by atoms with van der Waals surface area (Å²) >= 11 is 5.91. The van der Waals surface area contributed by atoms with E-state index in [9.17, 15) is 4.79 Å². The van der Waals surface area contributed by atoms with Crippen molar-refractivity contribution in [1.29, 1.82) is 0 Å². The monoisotopic (exact) mass is 415 g/mol. The summed E-state index contributed by atoms with van der Waals surface area (Å²) in [6, 6.07) is 19.6. The maximum Gasteiger partial charge on any atom is 0.360 e. The van der Waals surface area contributed by atoms with Gasteiger partial charge in [0.1, 0.15) is 17.0 Å². The standard InChI is InChI=1S/C23H14ClN3O3/c24-16-3-1-14(2-4-16)20-8-6-18(23(28)30-20)26-17-5-7-21-19(13-17)27-22(29-21)15-9-11-25-12-10-15/h1-13,26H. The Hall–Kier alpha value is -3.90. The fourth-order valence-corrected chi connectivity index (χ4v) is 3.18. The van der Waals surface area contributed by atoms with E-state index >= 15 is 0 Å². The Balaban J connectivity index is 1.42. The molecule has 7 heteroatoms. The van der Waals surface area contributed by atoms with Crippen molar-refractivity contribution >= 4 is 34.1 Å². The summed E-state index contributed by atoms with van der Waals surface area (Å²) < 4.78 is 11.3. The molecule has 2 aromatic carbocycles. The highest BCUT2D eigenvalue weighted by atomic mass is 35.5. The first-order valence-corrected chi connectivity index (χ1v) is 9.52. The molecule has 3 aromatic heterocycles. The highest BCUT2D eigenvalue weighted by Crippen LogP contribution is 2.27. The fourth-order valence-electron chi connectivity index (χ4n) is 3.06. The quantitative estimate of drug-likeness (QED) is 0.393. The van der Waals surface area contributed by atoms with E-state index in [0.717, 1.165) is 11.1 Å². The van der Waals surface area contributed by atoms with Gasteiger partial charge in [0.05, 0.1) is 0 Å². The number of hydrogen-bond donors (Lipinski definition) is 1. The van der Waals surface area contributed by atoms with Gasteiger partial charge in [-0.3, -0.25) is 4.98 Å². The second-order valence-electron chi connectivity index (χ2n) is 6.57. The van der Waals surface area contributed by atoms with E-state index in [1.54, 1.807) is 54.9 Å². The van der Waals surface area contributed by atoms with Crippen LogP contribution in [0.5, 0.6) is 0 Å². The second-order valence-corrected chi connectivity index (χ2v) is 7.01. The summed E-state index contributed by atoms with van der Waals surface area (Å²) in [4.78, 5) is 21.0. The molecule has 0 aliphatic carbocycles. The maximum atomic E-state index is 12.4. The van der Waals surface area contributed by atoms with Gasteiger partial charge in [-0.25, -0.2) is 9.78 Å². The van der Waals surface area contributed by atoms with Crippen molar-refractivity contribution in [2.45, 2.75) is 0 Å². The number of nitrogens with one attached hydrogen (secondary N) is 1. The summed E-state index contributed by atoms with van der Waals surface area (Å²) in [7, 11) is 0. The molecule has 0 amide bonds. The van der Waals surface area contributed by atoms with Crippen LogP contribution in [0, 0.1) is 0 Å². The van der Waals surface area contributed by atoms with Gasteiger partial charge in [0.25, 0.3) is 0 Å². The average molecular weight is 416 g/mol. The minimum Gasteiger partial charge on any atom is -0.436 e. The van der Waals surface area contributed by atoms with E-state index in [1.165, 1.54) is 0 Å². The van der Waals surface area contributed by atoms with Gasteiger partial charge >= 0.3 is 5.63 Å². The van der Waals surface area contributed by atoms with E-state index in [-0.39, 0.29) is 0 Å². The molecule has 146 valence electrons. The van der Waals surface area contributed by atoms with Crippen molar-refractivity contribution in [2.24, 2.45) is 0 Å². The minimum absolute atomic E-state index is 0.324. The van der Waals surface area contributed by atoms with Crippen LogP contribution in [-0.4, -0.2) is 9.97 Å². The van der Waals surface area contributed by atoms with Crippen LogP contribution in [0.3, 0.4) is 0 Å². The Morgan fingerprint density at radius 2 is 1.63 bits per heavy atom. The Kier molecular flexibility index (Phi) is 4.53. The number of fused-ring (bicyclic) bond motifs is 1. The Morgan fingerprint density at radius 1 is 0.833 bits per heavy atom. The molecule has 5 rings (SSSR count). The molecule has 3 heterocycles. The summed E-state index contributed by atoms with van der Waals surface area (Å²) in [5, 5.41) is 3.70. The number of hydrogen-bond acceptors (Lipinski definition) is 6. The van der Waals surface area contributed by atoms with Gasteiger partial charge in [0, 0.05) is 34.2 Å². The van der Waals surface area contributed by atoms with Crippen LogP contribution in [0.25, 0.3) is 33.9 Å².